The Balaban J connectivity index is 2.45. The highest BCUT2D eigenvalue weighted by Crippen LogP contribution is 2.26. The molecular weight excluding hydrogens is 305 g/mol. The fraction of sp³-hybridized carbons (Fsp3) is 0.222. The van der Waals surface area contributed by atoms with Crippen LogP contribution in [0.4, 0.5) is 0 Å². The van der Waals surface area contributed by atoms with Crippen molar-refractivity contribution in [1.29, 1.82) is 0 Å². The van der Waals surface area contributed by atoms with Gasteiger partial charge in [0.2, 0.25) is 0 Å². The van der Waals surface area contributed by atoms with E-state index in [1.54, 1.807) is 0 Å². The van der Waals surface area contributed by atoms with Crippen LogP contribution in [-0.4, -0.2) is 31.4 Å². The van der Waals surface area contributed by atoms with E-state index in [1.807, 2.05) is 5.32 Å². The van der Waals surface area contributed by atoms with Crippen LogP contribution in [-0.2, 0) is 14.9 Å². The summed E-state index contributed by atoms with van der Waals surface area (Å²) in [4.78, 5) is 11.1. The Morgan fingerprint density at radius 3 is 2.56 bits per heavy atom. The maximum atomic E-state index is 11.1. The number of amides is 1. The van der Waals surface area contributed by atoms with Crippen LogP contribution in [0.2, 0.25) is 10.0 Å². The summed E-state index contributed by atoms with van der Waals surface area (Å²) in [5, 5.41) is 2.58. The van der Waals surface area contributed by atoms with E-state index < -0.39 is 28.5 Å². The minimum Gasteiger partial charge on any atom is -0.484 e. The summed E-state index contributed by atoms with van der Waals surface area (Å²) in [5.41, 5.74) is 0. The molecule has 0 fully saturated rings. The topological polar surface area (TPSA) is 92.7 Å². The molecule has 0 radical (unpaired) electrons. The van der Waals surface area contributed by atoms with Gasteiger partial charge in [0.25, 0.3) is 16.0 Å². The van der Waals surface area contributed by atoms with Crippen molar-refractivity contribution >= 4 is 39.2 Å². The lowest BCUT2D eigenvalue weighted by Crippen LogP contribution is -2.33. The molecule has 0 aliphatic carbocycles. The number of hydrogen-bond donors (Lipinski definition) is 2. The number of carbonyl (C=O) groups excluding carboxylic acids is 1. The minimum absolute atomic E-state index is 0.271. The van der Waals surface area contributed by atoms with Gasteiger partial charge in [-0.2, -0.15) is 8.42 Å². The average molecular weight is 314 g/mol. The predicted octanol–water partition coefficient (Wildman–Crippen LogP) is 1.33. The first kappa shape index (κ1) is 15.0. The maximum Gasteiger partial charge on any atom is 0.283 e. The van der Waals surface area contributed by atoms with Crippen molar-refractivity contribution < 1.29 is 22.5 Å². The Kier molecular flexibility index (Phi) is 5.21. The van der Waals surface area contributed by atoms with Crippen LogP contribution in [0.15, 0.2) is 18.2 Å². The fourth-order valence-electron chi connectivity index (χ4n) is 0.938. The zero-order valence-electron chi connectivity index (χ0n) is 8.89. The Morgan fingerprint density at radius 2 is 2.00 bits per heavy atom. The maximum absolute atomic E-state index is 11.1. The third kappa shape index (κ3) is 5.54. The summed E-state index contributed by atoms with van der Waals surface area (Å²) >= 11 is 11.4. The molecule has 0 atom stereocenters. The Morgan fingerprint density at radius 1 is 1.33 bits per heavy atom. The van der Waals surface area contributed by atoms with Gasteiger partial charge in [-0.25, -0.2) is 0 Å². The minimum atomic E-state index is -4.24. The Labute approximate surface area is 114 Å². The third-order valence-electron chi connectivity index (χ3n) is 1.71. The molecule has 1 aromatic carbocycles. The van der Waals surface area contributed by atoms with Gasteiger partial charge in [-0.15, -0.1) is 0 Å². The lowest BCUT2D eigenvalue weighted by Gasteiger charge is -2.07. The molecule has 0 aliphatic heterocycles. The SMILES string of the molecule is O=C(COc1ccc(Cl)c(Cl)c1)NCS(=O)(=O)O. The van der Waals surface area contributed by atoms with E-state index in [-0.39, 0.29) is 5.02 Å². The lowest BCUT2D eigenvalue weighted by molar-refractivity contribution is -0.122. The van der Waals surface area contributed by atoms with Crippen LogP contribution in [0.1, 0.15) is 0 Å². The number of halogens is 2. The van der Waals surface area contributed by atoms with Gasteiger partial charge in [-0.3, -0.25) is 9.35 Å². The van der Waals surface area contributed by atoms with Gasteiger partial charge < -0.3 is 10.1 Å². The number of benzene rings is 1. The molecule has 0 unspecified atom stereocenters. The normalized spacial score (nSPS) is 11.1. The highest BCUT2D eigenvalue weighted by molar-refractivity contribution is 7.85. The van der Waals surface area contributed by atoms with Crippen molar-refractivity contribution in [3.05, 3.63) is 28.2 Å². The molecular formula is C9H9Cl2NO5S. The first-order chi connectivity index (χ1) is 8.28. The molecule has 18 heavy (non-hydrogen) atoms. The van der Waals surface area contributed by atoms with E-state index in [4.69, 9.17) is 32.5 Å². The van der Waals surface area contributed by atoms with Crippen molar-refractivity contribution in [2.45, 2.75) is 0 Å². The molecule has 1 rings (SSSR count). The predicted molar refractivity (Wildman–Crippen MR) is 66.5 cm³/mol. The van der Waals surface area contributed by atoms with Gasteiger partial charge in [0.15, 0.2) is 6.61 Å². The summed E-state index contributed by atoms with van der Waals surface area (Å²) in [6.45, 7) is -0.409. The number of nitrogens with one attached hydrogen (secondary N) is 1. The molecule has 1 amide bonds. The first-order valence-electron chi connectivity index (χ1n) is 4.57. The molecule has 0 saturated carbocycles. The highest BCUT2D eigenvalue weighted by atomic mass is 35.5. The first-order valence-corrected chi connectivity index (χ1v) is 6.94. The molecule has 100 valence electrons. The van der Waals surface area contributed by atoms with Crippen molar-refractivity contribution in [3.63, 3.8) is 0 Å². The van der Waals surface area contributed by atoms with Crippen molar-refractivity contribution in [3.8, 4) is 5.75 Å². The van der Waals surface area contributed by atoms with Crippen LogP contribution in [0.25, 0.3) is 0 Å². The van der Waals surface area contributed by atoms with Gasteiger partial charge in [-0.1, -0.05) is 23.2 Å². The van der Waals surface area contributed by atoms with E-state index >= 15 is 0 Å². The molecule has 0 bridgehead atoms. The second-order valence-electron chi connectivity index (χ2n) is 3.19. The molecule has 1 aromatic rings. The molecule has 0 saturated heterocycles. The second-order valence-corrected chi connectivity index (χ2v) is 5.46. The quantitative estimate of drug-likeness (QED) is 0.800. The van der Waals surface area contributed by atoms with E-state index in [0.29, 0.717) is 10.8 Å². The van der Waals surface area contributed by atoms with Crippen molar-refractivity contribution in [1.82, 2.24) is 5.32 Å². The zero-order valence-corrected chi connectivity index (χ0v) is 11.2. The summed E-state index contributed by atoms with van der Waals surface area (Å²) in [6.07, 6.45) is 0. The van der Waals surface area contributed by atoms with E-state index in [0.717, 1.165) is 0 Å². The summed E-state index contributed by atoms with van der Waals surface area (Å²) in [5.74, 6) is -1.25. The number of hydrogen-bond acceptors (Lipinski definition) is 4. The van der Waals surface area contributed by atoms with Crippen molar-refractivity contribution in [2.75, 3.05) is 12.5 Å². The van der Waals surface area contributed by atoms with Crippen LogP contribution >= 0.6 is 23.2 Å². The van der Waals surface area contributed by atoms with E-state index in [9.17, 15) is 13.2 Å². The fourth-order valence-corrected chi connectivity index (χ4v) is 1.57. The largest absolute Gasteiger partial charge is 0.484 e. The number of rotatable bonds is 5. The van der Waals surface area contributed by atoms with E-state index in [1.165, 1.54) is 18.2 Å². The van der Waals surface area contributed by atoms with Crippen molar-refractivity contribution in [2.24, 2.45) is 0 Å². The molecule has 0 heterocycles. The third-order valence-corrected chi connectivity index (χ3v) is 2.96. The van der Waals surface area contributed by atoms with Gasteiger partial charge >= 0.3 is 0 Å². The second kappa shape index (κ2) is 6.24. The van der Waals surface area contributed by atoms with Crippen LogP contribution in [0.3, 0.4) is 0 Å². The zero-order chi connectivity index (χ0) is 13.8. The number of carbonyl (C=O) groups is 1. The molecule has 0 aliphatic rings. The van der Waals surface area contributed by atoms with Crippen LogP contribution < -0.4 is 10.1 Å². The average Bonchev–Trinajstić information content (AvgIpc) is 2.27. The highest BCUT2D eigenvalue weighted by Gasteiger charge is 2.09. The van der Waals surface area contributed by atoms with Gasteiger partial charge in [-0.05, 0) is 12.1 Å². The summed E-state index contributed by atoms with van der Waals surface area (Å²) in [6, 6.07) is 4.42. The van der Waals surface area contributed by atoms with Gasteiger partial charge in [0.1, 0.15) is 11.6 Å². The van der Waals surface area contributed by atoms with Gasteiger partial charge in [0, 0.05) is 6.07 Å². The molecule has 0 spiro atoms. The van der Waals surface area contributed by atoms with Crippen LogP contribution in [0, 0.1) is 0 Å². The smallest absolute Gasteiger partial charge is 0.283 e. The number of ether oxygens (including phenoxy) is 1. The summed E-state index contributed by atoms with van der Waals surface area (Å²) < 4.78 is 34.2. The lowest BCUT2D eigenvalue weighted by atomic mass is 10.3. The molecule has 6 nitrogen and oxygen atoms in total. The van der Waals surface area contributed by atoms with Gasteiger partial charge in [0.05, 0.1) is 10.0 Å². The van der Waals surface area contributed by atoms with E-state index in [2.05, 4.69) is 0 Å². The monoisotopic (exact) mass is 313 g/mol. The standard InChI is InChI=1S/C9H9Cl2NO5S/c10-7-2-1-6(3-8(7)11)17-4-9(13)12-5-18(14,15)16/h1-3H,4-5H2,(H,12,13)(H,14,15,16). The molecule has 2 N–H and O–H groups in total. The Bertz CT molecular complexity index is 546. The van der Waals surface area contributed by atoms with Crippen LogP contribution in [0.5, 0.6) is 5.75 Å². The summed E-state index contributed by atoms with van der Waals surface area (Å²) in [7, 11) is -4.24. The Hall–Kier alpha value is -1.02. The molecule has 0 aromatic heterocycles. The molecule has 9 heteroatoms.